The minimum absolute atomic E-state index is 0.388. The topological polar surface area (TPSA) is 20.3 Å². The number of hydrogen-bond donors (Lipinski definition) is 0. The van der Waals surface area contributed by atoms with E-state index in [4.69, 9.17) is 0 Å². The van der Waals surface area contributed by atoms with Gasteiger partial charge in [0, 0.05) is 18.0 Å². The van der Waals surface area contributed by atoms with Crippen LogP contribution in [0.15, 0.2) is 0 Å². The zero-order valence-corrected chi connectivity index (χ0v) is 12.1. The van der Waals surface area contributed by atoms with Crippen molar-refractivity contribution in [2.45, 2.75) is 77.8 Å². The summed E-state index contributed by atoms with van der Waals surface area (Å²) in [5.41, 5.74) is 0.409. The first-order valence-corrected chi connectivity index (χ1v) is 7.79. The highest BCUT2D eigenvalue weighted by Gasteiger charge is 2.47. The minimum atomic E-state index is 0.388. The van der Waals surface area contributed by atoms with Crippen molar-refractivity contribution >= 4 is 5.91 Å². The SMILES string of the molecule is CC(C)(C)C1CC2CCC(C1)N2C(=O)C1CCC1. The summed E-state index contributed by atoms with van der Waals surface area (Å²) < 4.78 is 0. The Labute approximate surface area is 111 Å². The second kappa shape index (κ2) is 4.25. The standard InChI is InChI=1S/C16H27NO/c1-16(2,3)12-9-13-7-8-14(10-12)17(13)15(18)11-5-4-6-11/h11-14H,4-10H2,1-3H3. The van der Waals surface area contributed by atoms with Crippen LogP contribution in [0.5, 0.6) is 0 Å². The van der Waals surface area contributed by atoms with Crippen LogP contribution in [0.4, 0.5) is 0 Å². The van der Waals surface area contributed by atoms with Crippen LogP contribution in [0.25, 0.3) is 0 Å². The zero-order chi connectivity index (χ0) is 12.9. The van der Waals surface area contributed by atoms with Gasteiger partial charge in [-0.2, -0.15) is 0 Å². The minimum Gasteiger partial charge on any atom is -0.336 e. The van der Waals surface area contributed by atoms with Crippen LogP contribution in [-0.4, -0.2) is 22.9 Å². The van der Waals surface area contributed by atoms with E-state index in [1.165, 1.54) is 32.1 Å². The predicted molar refractivity (Wildman–Crippen MR) is 73.2 cm³/mol. The maximum Gasteiger partial charge on any atom is 0.226 e. The largest absolute Gasteiger partial charge is 0.336 e. The van der Waals surface area contributed by atoms with Gasteiger partial charge in [0.2, 0.25) is 5.91 Å². The molecule has 2 saturated heterocycles. The van der Waals surface area contributed by atoms with Crippen molar-refractivity contribution in [1.29, 1.82) is 0 Å². The Morgan fingerprint density at radius 2 is 1.56 bits per heavy atom. The first-order valence-electron chi connectivity index (χ1n) is 7.79. The normalized spacial score (nSPS) is 36.6. The summed E-state index contributed by atoms with van der Waals surface area (Å²) in [7, 11) is 0. The van der Waals surface area contributed by atoms with E-state index in [0.29, 0.717) is 29.3 Å². The number of carbonyl (C=O) groups excluding carboxylic acids is 1. The molecule has 0 N–H and O–H groups in total. The Morgan fingerprint density at radius 3 is 1.94 bits per heavy atom. The molecule has 2 bridgehead atoms. The number of piperidine rings is 1. The smallest absolute Gasteiger partial charge is 0.226 e. The maximum absolute atomic E-state index is 12.5. The van der Waals surface area contributed by atoms with Crippen molar-refractivity contribution in [3.63, 3.8) is 0 Å². The summed E-state index contributed by atoms with van der Waals surface area (Å²) in [6.07, 6.45) is 8.58. The summed E-state index contributed by atoms with van der Waals surface area (Å²) >= 11 is 0. The molecule has 0 aromatic heterocycles. The molecule has 0 aromatic carbocycles. The molecular weight excluding hydrogens is 222 g/mol. The van der Waals surface area contributed by atoms with Gasteiger partial charge in [0.05, 0.1) is 0 Å². The van der Waals surface area contributed by atoms with Gasteiger partial charge >= 0.3 is 0 Å². The van der Waals surface area contributed by atoms with Gasteiger partial charge in [-0.05, 0) is 49.9 Å². The van der Waals surface area contributed by atoms with Crippen LogP contribution in [0.3, 0.4) is 0 Å². The summed E-state index contributed by atoms with van der Waals surface area (Å²) in [5, 5.41) is 0. The van der Waals surface area contributed by atoms with Crippen LogP contribution < -0.4 is 0 Å². The molecule has 2 atom stereocenters. The number of carbonyl (C=O) groups is 1. The molecule has 102 valence electrons. The zero-order valence-electron chi connectivity index (χ0n) is 12.1. The van der Waals surface area contributed by atoms with E-state index in [1.807, 2.05) is 0 Å². The van der Waals surface area contributed by atoms with Crippen molar-refractivity contribution < 1.29 is 4.79 Å². The van der Waals surface area contributed by atoms with Crippen LogP contribution in [0, 0.1) is 17.3 Å². The molecule has 3 aliphatic rings. The second-order valence-electron chi connectivity index (χ2n) is 7.79. The number of nitrogens with zero attached hydrogens (tertiary/aromatic N) is 1. The van der Waals surface area contributed by atoms with Gasteiger partial charge in [-0.15, -0.1) is 0 Å². The molecule has 0 aromatic rings. The number of fused-ring (bicyclic) bond motifs is 2. The molecule has 3 rings (SSSR count). The van der Waals surface area contributed by atoms with Crippen LogP contribution in [0.2, 0.25) is 0 Å². The maximum atomic E-state index is 12.5. The number of rotatable bonds is 1. The highest BCUT2D eigenvalue weighted by molar-refractivity contribution is 5.80. The van der Waals surface area contributed by atoms with Crippen LogP contribution in [-0.2, 0) is 4.79 Å². The van der Waals surface area contributed by atoms with Gasteiger partial charge in [0.1, 0.15) is 0 Å². The second-order valence-corrected chi connectivity index (χ2v) is 7.79. The van der Waals surface area contributed by atoms with Gasteiger partial charge < -0.3 is 4.90 Å². The Morgan fingerprint density at radius 1 is 1.00 bits per heavy atom. The molecule has 1 saturated carbocycles. The monoisotopic (exact) mass is 249 g/mol. The fraction of sp³-hybridized carbons (Fsp3) is 0.938. The van der Waals surface area contributed by atoms with E-state index < -0.39 is 0 Å². The van der Waals surface area contributed by atoms with Gasteiger partial charge in [0.15, 0.2) is 0 Å². The number of amides is 1. The molecule has 2 unspecified atom stereocenters. The third kappa shape index (κ3) is 1.98. The summed E-state index contributed by atoms with van der Waals surface area (Å²) in [5.74, 6) is 1.70. The van der Waals surface area contributed by atoms with Crippen molar-refractivity contribution in [2.75, 3.05) is 0 Å². The van der Waals surface area contributed by atoms with Crippen LogP contribution >= 0.6 is 0 Å². The van der Waals surface area contributed by atoms with E-state index in [2.05, 4.69) is 25.7 Å². The molecule has 0 radical (unpaired) electrons. The predicted octanol–water partition coefficient (Wildman–Crippen LogP) is 3.60. The molecule has 18 heavy (non-hydrogen) atoms. The molecule has 3 fully saturated rings. The quantitative estimate of drug-likeness (QED) is 0.695. The Kier molecular flexibility index (Phi) is 2.95. The van der Waals surface area contributed by atoms with Crippen molar-refractivity contribution in [2.24, 2.45) is 17.3 Å². The number of hydrogen-bond acceptors (Lipinski definition) is 1. The lowest BCUT2D eigenvalue weighted by Crippen LogP contribution is -2.51. The van der Waals surface area contributed by atoms with E-state index in [-0.39, 0.29) is 0 Å². The Hall–Kier alpha value is -0.530. The molecule has 2 heteroatoms. The fourth-order valence-electron chi connectivity index (χ4n) is 4.11. The third-order valence-electron chi connectivity index (χ3n) is 5.67. The Balaban J connectivity index is 1.71. The molecule has 2 nitrogen and oxygen atoms in total. The van der Waals surface area contributed by atoms with Crippen LogP contribution in [0.1, 0.15) is 65.7 Å². The summed E-state index contributed by atoms with van der Waals surface area (Å²) in [6, 6.07) is 1.14. The van der Waals surface area contributed by atoms with E-state index in [1.54, 1.807) is 0 Å². The highest BCUT2D eigenvalue weighted by Crippen LogP contribution is 2.46. The first-order chi connectivity index (χ1) is 8.47. The van der Waals surface area contributed by atoms with Crippen molar-refractivity contribution in [1.82, 2.24) is 4.90 Å². The van der Waals surface area contributed by atoms with E-state index in [0.717, 1.165) is 18.8 Å². The summed E-state index contributed by atoms with van der Waals surface area (Å²) in [4.78, 5) is 14.8. The molecular formula is C16H27NO. The lowest BCUT2D eigenvalue weighted by atomic mass is 9.72. The molecule has 1 amide bonds. The average molecular weight is 249 g/mol. The third-order valence-corrected chi connectivity index (χ3v) is 5.67. The molecule has 2 heterocycles. The Bertz CT molecular complexity index is 325. The average Bonchev–Trinajstić information content (AvgIpc) is 2.45. The van der Waals surface area contributed by atoms with Gasteiger partial charge in [-0.3, -0.25) is 4.79 Å². The lowest BCUT2D eigenvalue weighted by Gasteiger charge is -2.45. The highest BCUT2D eigenvalue weighted by atomic mass is 16.2. The first kappa shape index (κ1) is 12.5. The molecule has 0 spiro atoms. The fourth-order valence-corrected chi connectivity index (χ4v) is 4.11. The van der Waals surface area contributed by atoms with Gasteiger partial charge in [-0.1, -0.05) is 27.2 Å². The van der Waals surface area contributed by atoms with Crippen molar-refractivity contribution in [3.05, 3.63) is 0 Å². The lowest BCUT2D eigenvalue weighted by molar-refractivity contribution is -0.144. The molecule has 1 aliphatic carbocycles. The van der Waals surface area contributed by atoms with Gasteiger partial charge in [0.25, 0.3) is 0 Å². The van der Waals surface area contributed by atoms with Gasteiger partial charge in [-0.25, -0.2) is 0 Å². The van der Waals surface area contributed by atoms with E-state index >= 15 is 0 Å². The van der Waals surface area contributed by atoms with E-state index in [9.17, 15) is 4.79 Å². The van der Waals surface area contributed by atoms with Crippen molar-refractivity contribution in [3.8, 4) is 0 Å². The molecule has 2 aliphatic heterocycles. The summed E-state index contributed by atoms with van der Waals surface area (Å²) in [6.45, 7) is 7.08.